The second-order valence-electron chi connectivity index (χ2n) is 1.95. The van der Waals surface area contributed by atoms with Gasteiger partial charge in [-0.15, -0.1) is 0 Å². The van der Waals surface area contributed by atoms with Gasteiger partial charge in [0.1, 0.15) is 12.0 Å². The van der Waals surface area contributed by atoms with Gasteiger partial charge in [0.15, 0.2) is 6.07 Å². The van der Waals surface area contributed by atoms with Crippen LogP contribution in [0, 0.1) is 23.2 Å². The normalized spacial score (nSPS) is 7.58. The third-order valence-corrected chi connectivity index (χ3v) is 1.17. The molecule has 1 heterocycles. The van der Waals surface area contributed by atoms with Crippen LogP contribution in [0.5, 0.6) is 0 Å². The third-order valence-electron chi connectivity index (χ3n) is 1.17. The summed E-state index contributed by atoms with van der Waals surface area (Å²) in [5.41, 5.74) is 0.938. The smallest absolute Gasteiger partial charge is 0.152 e. The number of aromatic nitrogens is 1. The zero-order valence-corrected chi connectivity index (χ0v) is 6.11. The van der Waals surface area contributed by atoms with Gasteiger partial charge >= 0.3 is 0 Å². The van der Waals surface area contributed by atoms with Crippen LogP contribution in [0.15, 0.2) is 18.3 Å². The molecule has 0 saturated carbocycles. The van der Waals surface area contributed by atoms with Gasteiger partial charge in [0.25, 0.3) is 0 Å². The highest BCUT2D eigenvalue weighted by Crippen LogP contribution is 1.96. The minimum Gasteiger partial charge on any atom is -0.298 e. The number of carbonyl (C=O) groups excluding carboxylic acids is 1. The maximum Gasteiger partial charge on any atom is 0.152 e. The second kappa shape index (κ2) is 3.90. The minimum absolute atomic E-state index is 0.432. The van der Waals surface area contributed by atoms with Crippen molar-refractivity contribution in [3.05, 3.63) is 29.6 Å². The molecule has 0 saturated heterocycles. The monoisotopic (exact) mass is 156 g/mol. The molecule has 1 aromatic heterocycles. The van der Waals surface area contributed by atoms with Crippen LogP contribution in [0.4, 0.5) is 0 Å². The lowest BCUT2D eigenvalue weighted by Crippen LogP contribution is -1.85. The molecule has 0 aromatic carbocycles. The maximum absolute atomic E-state index is 10.3. The highest BCUT2D eigenvalue weighted by Gasteiger charge is 1.90. The highest BCUT2D eigenvalue weighted by molar-refractivity contribution is 5.74. The van der Waals surface area contributed by atoms with Crippen molar-refractivity contribution in [1.82, 2.24) is 4.98 Å². The Balaban J connectivity index is 3.03. The molecular weight excluding hydrogens is 152 g/mol. The fraction of sp³-hybridized carbons (Fsp3) is 0. The summed E-state index contributed by atoms with van der Waals surface area (Å²) in [4.78, 5) is 14.1. The molecule has 0 radical (unpaired) electrons. The Labute approximate surface area is 69.7 Å². The van der Waals surface area contributed by atoms with Crippen LogP contribution in [0.2, 0.25) is 0 Å². The largest absolute Gasteiger partial charge is 0.298 e. The Kier molecular flexibility index (Phi) is 2.59. The Hall–Kier alpha value is -2.13. The number of carbonyl (C=O) groups is 1. The quantitative estimate of drug-likeness (QED) is 0.445. The van der Waals surface area contributed by atoms with E-state index in [0.717, 1.165) is 0 Å². The molecule has 0 fully saturated rings. The standard InChI is InChI=1S/C9H4N2O/c10-4-1-2-9-6-8(7-12)3-5-11-9/h3,5-7H. The van der Waals surface area contributed by atoms with E-state index in [1.54, 1.807) is 12.1 Å². The molecular formula is C9H4N2O. The number of hydrogen-bond acceptors (Lipinski definition) is 3. The number of hydrogen-bond donors (Lipinski definition) is 0. The highest BCUT2D eigenvalue weighted by atomic mass is 16.1. The molecule has 56 valence electrons. The lowest BCUT2D eigenvalue weighted by molar-refractivity contribution is 0.112. The Bertz CT molecular complexity index is 393. The van der Waals surface area contributed by atoms with Gasteiger partial charge in [-0.1, -0.05) is 0 Å². The zero-order chi connectivity index (χ0) is 8.81. The Morgan fingerprint density at radius 2 is 2.42 bits per heavy atom. The zero-order valence-electron chi connectivity index (χ0n) is 6.11. The molecule has 0 aliphatic carbocycles. The summed E-state index contributed by atoms with van der Waals surface area (Å²) < 4.78 is 0. The summed E-state index contributed by atoms with van der Waals surface area (Å²) in [7, 11) is 0. The first-order valence-electron chi connectivity index (χ1n) is 3.18. The Morgan fingerprint density at radius 3 is 3.08 bits per heavy atom. The summed E-state index contributed by atoms with van der Waals surface area (Å²) in [5.74, 6) is 4.68. The van der Waals surface area contributed by atoms with Crippen molar-refractivity contribution in [3.63, 3.8) is 0 Å². The SMILES string of the molecule is N#CC#Cc1cc(C=O)ccn1. The number of nitriles is 1. The van der Waals surface area contributed by atoms with Crippen LogP contribution >= 0.6 is 0 Å². The second-order valence-corrected chi connectivity index (χ2v) is 1.95. The van der Waals surface area contributed by atoms with Crippen LogP contribution < -0.4 is 0 Å². The van der Waals surface area contributed by atoms with Crippen molar-refractivity contribution in [1.29, 1.82) is 5.26 Å². The number of nitrogens with zero attached hydrogens (tertiary/aromatic N) is 2. The molecule has 3 heteroatoms. The van der Waals surface area contributed by atoms with E-state index >= 15 is 0 Å². The van der Waals surface area contributed by atoms with Crippen LogP contribution in [-0.2, 0) is 0 Å². The average Bonchev–Trinajstić information content (AvgIpc) is 2.15. The van der Waals surface area contributed by atoms with Crippen molar-refractivity contribution in [2.45, 2.75) is 0 Å². The Morgan fingerprint density at radius 1 is 1.58 bits per heavy atom. The summed E-state index contributed by atoms with van der Waals surface area (Å²) in [5, 5.41) is 8.13. The molecule has 0 atom stereocenters. The van der Waals surface area contributed by atoms with Gasteiger partial charge < -0.3 is 0 Å². The molecule has 0 aliphatic heterocycles. The van der Waals surface area contributed by atoms with Gasteiger partial charge in [-0.2, -0.15) is 5.26 Å². The van der Waals surface area contributed by atoms with E-state index in [0.29, 0.717) is 17.5 Å². The molecule has 3 nitrogen and oxygen atoms in total. The van der Waals surface area contributed by atoms with Gasteiger partial charge in [0.2, 0.25) is 0 Å². The van der Waals surface area contributed by atoms with E-state index < -0.39 is 0 Å². The fourth-order valence-electron chi connectivity index (χ4n) is 0.681. The average molecular weight is 156 g/mol. The summed E-state index contributed by atoms with van der Waals surface area (Å²) in [6, 6.07) is 4.76. The first-order chi connectivity index (χ1) is 5.86. The third kappa shape index (κ3) is 1.93. The van der Waals surface area contributed by atoms with E-state index in [9.17, 15) is 4.79 Å². The molecule has 0 bridgehead atoms. The molecule has 0 aliphatic rings. The van der Waals surface area contributed by atoms with Gasteiger partial charge in [0.05, 0.1) is 0 Å². The van der Waals surface area contributed by atoms with Crippen molar-refractivity contribution < 1.29 is 4.79 Å². The van der Waals surface area contributed by atoms with Gasteiger partial charge in [-0.3, -0.25) is 4.79 Å². The van der Waals surface area contributed by atoms with E-state index in [4.69, 9.17) is 5.26 Å². The predicted molar refractivity (Wildman–Crippen MR) is 42.1 cm³/mol. The first-order valence-corrected chi connectivity index (χ1v) is 3.18. The van der Waals surface area contributed by atoms with Crippen LogP contribution in [0.25, 0.3) is 0 Å². The number of rotatable bonds is 1. The summed E-state index contributed by atoms with van der Waals surface area (Å²) in [6.07, 6.45) is 2.18. The van der Waals surface area contributed by atoms with Gasteiger partial charge in [-0.05, 0) is 18.1 Å². The maximum atomic E-state index is 10.3. The molecule has 1 aromatic rings. The molecule has 0 amide bonds. The minimum atomic E-state index is 0.432. The molecule has 1 rings (SSSR count). The molecule has 0 spiro atoms. The summed E-state index contributed by atoms with van der Waals surface area (Å²) in [6.45, 7) is 0. The first kappa shape index (κ1) is 7.97. The van der Waals surface area contributed by atoms with Crippen molar-refractivity contribution in [2.24, 2.45) is 0 Å². The van der Waals surface area contributed by atoms with E-state index in [2.05, 4.69) is 16.8 Å². The van der Waals surface area contributed by atoms with Crippen LogP contribution in [0.1, 0.15) is 16.1 Å². The van der Waals surface area contributed by atoms with Gasteiger partial charge in [-0.25, -0.2) is 4.98 Å². The molecule has 0 unspecified atom stereocenters. The van der Waals surface area contributed by atoms with E-state index in [1.807, 2.05) is 0 Å². The van der Waals surface area contributed by atoms with Crippen LogP contribution in [-0.4, -0.2) is 11.3 Å². The number of pyridine rings is 1. The predicted octanol–water partition coefficient (Wildman–Crippen LogP) is 0.769. The number of aldehydes is 1. The van der Waals surface area contributed by atoms with Gasteiger partial charge in [0, 0.05) is 17.7 Å². The fourth-order valence-corrected chi connectivity index (χ4v) is 0.681. The molecule has 12 heavy (non-hydrogen) atoms. The van der Waals surface area contributed by atoms with Crippen molar-refractivity contribution >= 4 is 6.29 Å². The van der Waals surface area contributed by atoms with Crippen molar-refractivity contribution in [2.75, 3.05) is 0 Å². The topological polar surface area (TPSA) is 53.8 Å². The lowest BCUT2D eigenvalue weighted by atomic mass is 10.2. The molecule has 0 N–H and O–H groups in total. The van der Waals surface area contributed by atoms with Crippen molar-refractivity contribution in [3.8, 4) is 17.9 Å². The van der Waals surface area contributed by atoms with Crippen LogP contribution in [0.3, 0.4) is 0 Å². The van der Waals surface area contributed by atoms with E-state index in [1.165, 1.54) is 12.3 Å². The van der Waals surface area contributed by atoms with E-state index in [-0.39, 0.29) is 0 Å². The summed E-state index contributed by atoms with van der Waals surface area (Å²) >= 11 is 0. The lowest BCUT2D eigenvalue weighted by Gasteiger charge is -1.89.